The van der Waals surface area contributed by atoms with E-state index in [-0.39, 0.29) is 32.2 Å². The number of amides is 1. The number of hydrogen-bond acceptors (Lipinski definition) is 6. The maximum Gasteiger partial charge on any atom is 0.273 e. The standard InChI is InChI=1S/C18H19N3O3S/c22-10-8-21(9-11-23)17(24)16-12-25-18(20-16)19-15-7-3-5-13-4-1-2-6-14(13)15/h1-7,12,22-23H,8-11H2,(H,19,20). The van der Waals surface area contributed by atoms with Crippen LogP contribution in [0.5, 0.6) is 0 Å². The van der Waals surface area contributed by atoms with Gasteiger partial charge in [0.2, 0.25) is 0 Å². The van der Waals surface area contributed by atoms with Crippen molar-refractivity contribution in [1.29, 1.82) is 0 Å². The summed E-state index contributed by atoms with van der Waals surface area (Å²) in [4.78, 5) is 18.2. The van der Waals surface area contributed by atoms with Crippen LogP contribution in [0.25, 0.3) is 10.8 Å². The Morgan fingerprint density at radius 2 is 1.80 bits per heavy atom. The first-order valence-electron chi connectivity index (χ1n) is 7.94. The number of anilines is 2. The maximum atomic E-state index is 12.4. The Morgan fingerprint density at radius 3 is 2.56 bits per heavy atom. The van der Waals surface area contributed by atoms with Crippen molar-refractivity contribution in [2.24, 2.45) is 0 Å². The molecule has 3 aromatic rings. The quantitative estimate of drug-likeness (QED) is 0.605. The fourth-order valence-electron chi connectivity index (χ4n) is 2.60. The van der Waals surface area contributed by atoms with Crippen LogP contribution in [0.1, 0.15) is 10.5 Å². The molecule has 3 rings (SSSR count). The number of carbonyl (C=O) groups excluding carboxylic acids is 1. The van der Waals surface area contributed by atoms with Crippen LogP contribution in [0.3, 0.4) is 0 Å². The molecule has 1 aromatic heterocycles. The number of benzene rings is 2. The molecule has 25 heavy (non-hydrogen) atoms. The third-order valence-electron chi connectivity index (χ3n) is 3.78. The van der Waals surface area contributed by atoms with Crippen LogP contribution < -0.4 is 5.32 Å². The summed E-state index contributed by atoms with van der Waals surface area (Å²) in [6.45, 7) is 0.0278. The van der Waals surface area contributed by atoms with Crippen LogP contribution in [0, 0.1) is 0 Å². The van der Waals surface area contributed by atoms with Gasteiger partial charge in [-0.1, -0.05) is 36.4 Å². The molecule has 0 saturated heterocycles. The molecule has 2 aromatic carbocycles. The molecule has 0 radical (unpaired) electrons. The zero-order valence-electron chi connectivity index (χ0n) is 13.6. The first kappa shape index (κ1) is 17.3. The van der Waals surface area contributed by atoms with E-state index >= 15 is 0 Å². The predicted molar refractivity (Wildman–Crippen MR) is 99.4 cm³/mol. The Morgan fingerprint density at radius 1 is 1.08 bits per heavy atom. The first-order chi connectivity index (χ1) is 12.2. The van der Waals surface area contributed by atoms with Crippen LogP contribution in [0.4, 0.5) is 10.8 Å². The van der Waals surface area contributed by atoms with Crippen LogP contribution in [0.15, 0.2) is 47.8 Å². The fraction of sp³-hybridized carbons (Fsp3) is 0.222. The lowest BCUT2D eigenvalue weighted by molar-refractivity contribution is 0.0680. The Hall–Kier alpha value is -2.48. The van der Waals surface area contributed by atoms with Crippen LogP contribution in [-0.4, -0.2) is 52.3 Å². The molecule has 6 nitrogen and oxygen atoms in total. The smallest absolute Gasteiger partial charge is 0.273 e. The van der Waals surface area contributed by atoms with E-state index in [9.17, 15) is 4.79 Å². The van der Waals surface area contributed by atoms with E-state index in [4.69, 9.17) is 10.2 Å². The molecule has 1 amide bonds. The second-order valence-corrected chi connectivity index (χ2v) is 6.29. The highest BCUT2D eigenvalue weighted by molar-refractivity contribution is 7.14. The van der Waals surface area contributed by atoms with Crippen molar-refractivity contribution in [3.8, 4) is 0 Å². The van der Waals surface area contributed by atoms with Gasteiger partial charge in [0.1, 0.15) is 5.69 Å². The lowest BCUT2D eigenvalue weighted by Gasteiger charge is -2.19. The van der Waals surface area contributed by atoms with E-state index in [0.29, 0.717) is 10.8 Å². The summed E-state index contributed by atoms with van der Waals surface area (Å²) in [5.41, 5.74) is 1.23. The van der Waals surface area contributed by atoms with E-state index in [1.54, 1.807) is 5.38 Å². The average molecular weight is 357 g/mol. The van der Waals surface area contributed by atoms with Crippen LogP contribution in [0.2, 0.25) is 0 Å². The molecule has 0 unspecified atom stereocenters. The van der Waals surface area contributed by atoms with Crippen molar-refractivity contribution >= 4 is 38.8 Å². The molecule has 0 atom stereocenters. The highest BCUT2D eigenvalue weighted by Crippen LogP contribution is 2.28. The molecule has 0 fully saturated rings. The molecule has 130 valence electrons. The number of rotatable bonds is 7. The SMILES string of the molecule is O=C(c1csc(Nc2cccc3ccccc23)n1)N(CCO)CCO. The van der Waals surface area contributed by atoms with Gasteiger partial charge in [-0.2, -0.15) is 0 Å². The zero-order chi connectivity index (χ0) is 17.6. The van der Waals surface area contributed by atoms with Gasteiger partial charge in [-0.15, -0.1) is 11.3 Å². The summed E-state index contributed by atoms with van der Waals surface area (Å²) in [5.74, 6) is -0.301. The molecule has 7 heteroatoms. The van der Waals surface area contributed by atoms with Gasteiger partial charge < -0.3 is 20.4 Å². The summed E-state index contributed by atoms with van der Waals surface area (Å²) >= 11 is 1.34. The highest BCUT2D eigenvalue weighted by Gasteiger charge is 2.18. The summed E-state index contributed by atoms with van der Waals surface area (Å²) in [6.07, 6.45) is 0. The molecule has 0 aliphatic heterocycles. The minimum absolute atomic E-state index is 0.156. The third-order valence-corrected chi connectivity index (χ3v) is 4.54. The van der Waals surface area contributed by atoms with E-state index in [1.165, 1.54) is 16.2 Å². The number of thiazole rings is 1. The van der Waals surface area contributed by atoms with Gasteiger partial charge in [-0.3, -0.25) is 4.79 Å². The summed E-state index contributed by atoms with van der Waals surface area (Å²) < 4.78 is 0. The summed E-state index contributed by atoms with van der Waals surface area (Å²) in [5, 5.41) is 25.9. The Balaban J connectivity index is 1.80. The molecule has 0 spiro atoms. The Labute approximate surface area is 149 Å². The van der Waals surface area contributed by atoms with Crippen molar-refractivity contribution in [3.05, 3.63) is 53.5 Å². The monoisotopic (exact) mass is 357 g/mol. The van der Waals surface area contributed by atoms with Crippen molar-refractivity contribution in [2.45, 2.75) is 0 Å². The molecule has 0 saturated carbocycles. The molecular weight excluding hydrogens is 338 g/mol. The molecule has 0 bridgehead atoms. The van der Waals surface area contributed by atoms with Crippen molar-refractivity contribution in [3.63, 3.8) is 0 Å². The molecule has 1 heterocycles. The van der Waals surface area contributed by atoms with E-state index in [2.05, 4.69) is 10.3 Å². The molecular formula is C18H19N3O3S. The lowest BCUT2D eigenvalue weighted by atomic mass is 10.1. The van der Waals surface area contributed by atoms with E-state index in [1.807, 2.05) is 42.5 Å². The number of nitrogens with zero attached hydrogens (tertiary/aromatic N) is 2. The highest BCUT2D eigenvalue weighted by atomic mass is 32.1. The Kier molecular flexibility index (Phi) is 5.60. The predicted octanol–water partition coefficient (Wildman–Crippen LogP) is 2.47. The first-order valence-corrected chi connectivity index (χ1v) is 8.82. The number of aliphatic hydroxyl groups excluding tert-OH is 2. The maximum absolute atomic E-state index is 12.4. The van der Waals surface area contributed by atoms with Crippen molar-refractivity contribution in [2.75, 3.05) is 31.6 Å². The number of carbonyl (C=O) groups is 1. The van der Waals surface area contributed by atoms with Gasteiger partial charge >= 0.3 is 0 Å². The van der Waals surface area contributed by atoms with Crippen molar-refractivity contribution in [1.82, 2.24) is 9.88 Å². The largest absolute Gasteiger partial charge is 0.395 e. The van der Waals surface area contributed by atoms with Gasteiger partial charge in [0.15, 0.2) is 5.13 Å². The van der Waals surface area contributed by atoms with Crippen molar-refractivity contribution < 1.29 is 15.0 Å². The fourth-order valence-corrected chi connectivity index (χ4v) is 3.29. The van der Waals surface area contributed by atoms with Gasteiger partial charge in [0.05, 0.1) is 13.2 Å². The topological polar surface area (TPSA) is 85.7 Å². The van der Waals surface area contributed by atoms with E-state index < -0.39 is 0 Å². The molecule has 3 N–H and O–H groups in total. The zero-order valence-corrected chi connectivity index (χ0v) is 14.4. The van der Waals surface area contributed by atoms with Crippen LogP contribution in [-0.2, 0) is 0 Å². The summed E-state index contributed by atoms with van der Waals surface area (Å²) in [7, 11) is 0. The Bertz CT molecular complexity index is 854. The normalized spacial score (nSPS) is 10.8. The second-order valence-electron chi connectivity index (χ2n) is 5.43. The van der Waals surface area contributed by atoms with Crippen LogP contribution >= 0.6 is 11.3 Å². The van der Waals surface area contributed by atoms with Gasteiger partial charge in [0, 0.05) is 29.5 Å². The second kappa shape index (κ2) is 8.06. The average Bonchev–Trinajstić information content (AvgIpc) is 3.10. The van der Waals surface area contributed by atoms with Gasteiger partial charge in [-0.25, -0.2) is 4.98 Å². The number of hydrogen-bond donors (Lipinski definition) is 3. The minimum atomic E-state index is -0.301. The number of fused-ring (bicyclic) bond motifs is 1. The third kappa shape index (κ3) is 3.96. The minimum Gasteiger partial charge on any atom is -0.395 e. The number of nitrogens with one attached hydrogen (secondary N) is 1. The number of aromatic nitrogens is 1. The molecule has 0 aliphatic carbocycles. The lowest BCUT2D eigenvalue weighted by Crippen LogP contribution is -2.36. The van der Waals surface area contributed by atoms with E-state index in [0.717, 1.165) is 16.5 Å². The van der Waals surface area contributed by atoms with Gasteiger partial charge in [-0.05, 0) is 11.5 Å². The van der Waals surface area contributed by atoms with Gasteiger partial charge in [0.25, 0.3) is 5.91 Å². The summed E-state index contributed by atoms with van der Waals surface area (Å²) in [6, 6.07) is 14.0. The number of aliphatic hydroxyl groups is 2. The molecule has 0 aliphatic rings.